The summed E-state index contributed by atoms with van der Waals surface area (Å²) in [6, 6.07) is 4.11. The van der Waals surface area contributed by atoms with E-state index in [9.17, 15) is 9.18 Å². The van der Waals surface area contributed by atoms with Crippen molar-refractivity contribution in [3.05, 3.63) is 29.6 Å². The van der Waals surface area contributed by atoms with Gasteiger partial charge in [-0.1, -0.05) is 0 Å². The average Bonchev–Trinajstić information content (AvgIpc) is 2.39. The van der Waals surface area contributed by atoms with Crippen molar-refractivity contribution < 1.29 is 13.9 Å². The van der Waals surface area contributed by atoms with Crippen molar-refractivity contribution in [3.8, 4) is 5.75 Å². The quantitative estimate of drug-likeness (QED) is 0.898. The van der Waals surface area contributed by atoms with Crippen LogP contribution < -0.4 is 10.5 Å². The van der Waals surface area contributed by atoms with Gasteiger partial charge in [-0.2, -0.15) is 0 Å². The predicted molar refractivity (Wildman–Crippen MR) is 66.8 cm³/mol. The maximum Gasteiger partial charge on any atom is 0.132 e. The lowest BCUT2D eigenvalue weighted by atomic mass is 9.81. The van der Waals surface area contributed by atoms with E-state index in [1.54, 1.807) is 13.2 Å². The number of ketones is 1. The SMILES string of the molecule is COc1ccc(F)cc1C(N)C1CCC(=O)CC1. The third-order valence-electron chi connectivity index (χ3n) is 3.65. The molecule has 18 heavy (non-hydrogen) atoms. The molecule has 0 bridgehead atoms. The van der Waals surface area contributed by atoms with E-state index in [0.717, 1.165) is 12.8 Å². The molecule has 1 aliphatic rings. The summed E-state index contributed by atoms with van der Waals surface area (Å²) < 4.78 is 18.5. The molecule has 0 radical (unpaired) electrons. The number of hydrogen-bond acceptors (Lipinski definition) is 3. The molecule has 0 aromatic heterocycles. The summed E-state index contributed by atoms with van der Waals surface area (Å²) in [7, 11) is 1.55. The fourth-order valence-corrected chi connectivity index (χ4v) is 2.54. The number of ether oxygens (including phenoxy) is 1. The van der Waals surface area contributed by atoms with E-state index in [-0.39, 0.29) is 17.8 Å². The highest BCUT2D eigenvalue weighted by atomic mass is 19.1. The van der Waals surface area contributed by atoms with Gasteiger partial charge >= 0.3 is 0 Å². The molecule has 0 amide bonds. The highest BCUT2D eigenvalue weighted by Gasteiger charge is 2.27. The Morgan fingerprint density at radius 2 is 2.06 bits per heavy atom. The lowest BCUT2D eigenvalue weighted by Crippen LogP contribution is -2.26. The van der Waals surface area contributed by atoms with E-state index in [1.807, 2.05) is 0 Å². The molecular formula is C14H18FNO2. The van der Waals surface area contributed by atoms with E-state index >= 15 is 0 Å². The molecule has 0 saturated heterocycles. The molecule has 1 saturated carbocycles. The van der Waals surface area contributed by atoms with E-state index in [2.05, 4.69) is 0 Å². The third-order valence-corrected chi connectivity index (χ3v) is 3.65. The first-order valence-corrected chi connectivity index (χ1v) is 6.22. The Hall–Kier alpha value is -1.42. The van der Waals surface area contributed by atoms with Crippen molar-refractivity contribution in [2.45, 2.75) is 31.7 Å². The van der Waals surface area contributed by atoms with Gasteiger partial charge in [0, 0.05) is 24.4 Å². The maximum absolute atomic E-state index is 13.3. The Morgan fingerprint density at radius 3 is 2.67 bits per heavy atom. The van der Waals surface area contributed by atoms with Gasteiger partial charge in [-0.15, -0.1) is 0 Å². The largest absolute Gasteiger partial charge is 0.496 e. The van der Waals surface area contributed by atoms with Crippen LogP contribution in [0.2, 0.25) is 0 Å². The van der Waals surface area contributed by atoms with Crippen LogP contribution in [0.4, 0.5) is 4.39 Å². The Morgan fingerprint density at radius 1 is 1.39 bits per heavy atom. The predicted octanol–water partition coefficient (Wildman–Crippen LogP) is 2.59. The molecule has 2 rings (SSSR count). The standard InChI is InChI=1S/C14H18FNO2/c1-18-13-7-4-10(15)8-12(13)14(16)9-2-5-11(17)6-3-9/h4,7-9,14H,2-3,5-6,16H2,1H3. The Kier molecular flexibility index (Phi) is 3.97. The minimum Gasteiger partial charge on any atom is -0.496 e. The first kappa shape index (κ1) is 13.0. The van der Waals surface area contributed by atoms with Gasteiger partial charge in [-0.25, -0.2) is 4.39 Å². The second-order valence-corrected chi connectivity index (χ2v) is 4.79. The summed E-state index contributed by atoms with van der Waals surface area (Å²) in [5.41, 5.74) is 6.89. The number of carbonyl (C=O) groups excluding carboxylic acids is 1. The summed E-state index contributed by atoms with van der Waals surface area (Å²) in [6.07, 6.45) is 2.71. The monoisotopic (exact) mass is 251 g/mol. The number of carbonyl (C=O) groups is 1. The fraction of sp³-hybridized carbons (Fsp3) is 0.500. The Labute approximate surface area is 106 Å². The van der Waals surface area contributed by atoms with Gasteiger partial charge in [0.15, 0.2) is 0 Å². The molecule has 98 valence electrons. The normalized spacial score (nSPS) is 18.7. The topological polar surface area (TPSA) is 52.3 Å². The lowest BCUT2D eigenvalue weighted by molar-refractivity contribution is -0.121. The zero-order chi connectivity index (χ0) is 13.1. The molecule has 0 aliphatic heterocycles. The molecule has 4 heteroatoms. The number of halogens is 1. The van der Waals surface area contributed by atoms with Gasteiger partial charge in [0.25, 0.3) is 0 Å². The summed E-state index contributed by atoms with van der Waals surface area (Å²) in [4.78, 5) is 11.2. The van der Waals surface area contributed by atoms with Crippen LogP contribution in [0.1, 0.15) is 37.3 Å². The van der Waals surface area contributed by atoms with E-state index in [0.29, 0.717) is 29.9 Å². The zero-order valence-corrected chi connectivity index (χ0v) is 10.5. The molecule has 1 aromatic carbocycles. The maximum atomic E-state index is 13.3. The van der Waals surface area contributed by atoms with Crippen LogP contribution in [0.3, 0.4) is 0 Å². The first-order chi connectivity index (χ1) is 8.61. The van der Waals surface area contributed by atoms with Gasteiger partial charge in [0.05, 0.1) is 7.11 Å². The smallest absolute Gasteiger partial charge is 0.132 e. The Bertz CT molecular complexity index is 437. The molecule has 1 atom stereocenters. The highest BCUT2D eigenvalue weighted by molar-refractivity contribution is 5.79. The van der Waals surface area contributed by atoms with Crippen LogP contribution in [0.25, 0.3) is 0 Å². The molecule has 0 spiro atoms. The minimum atomic E-state index is -0.312. The average molecular weight is 251 g/mol. The van der Waals surface area contributed by atoms with Crippen LogP contribution in [-0.2, 0) is 4.79 Å². The number of rotatable bonds is 3. The number of benzene rings is 1. The van der Waals surface area contributed by atoms with Gasteiger partial charge in [0.2, 0.25) is 0 Å². The van der Waals surface area contributed by atoms with Crippen LogP contribution >= 0.6 is 0 Å². The number of Topliss-reactive ketones (excluding diaryl/α,β-unsaturated/α-hetero) is 1. The molecule has 2 N–H and O–H groups in total. The van der Waals surface area contributed by atoms with Crippen LogP contribution in [0, 0.1) is 11.7 Å². The first-order valence-electron chi connectivity index (χ1n) is 6.22. The van der Waals surface area contributed by atoms with Gasteiger partial charge in [-0.05, 0) is 37.0 Å². The minimum absolute atomic E-state index is 0.221. The Balaban J connectivity index is 2.19. The second-order valence-electron chi connectivity index (χ2n) is 4.79. The summed E-state index contributed by atoms with van der Waals surface area (Å²) in [5.74, 6) is 0.817. The zero-order valence-electron chi connectivity index (χ0n) is 10.5. The molecule has 3 nitrogen and oxygen atoms in total. The molecular weight excluding hydrogens is 233 g/mol. The number of hydrogen-bond donors (Lipinski definition) is 1. The summed E-state index contributed by atoms with van der Waals surface area (Å²) in [5, 5.41) is 0. The van der Waals surface area contributed by atoms with Gasteiger partial charge < -0.3 is 10.5 Å². The number of nitrogens with two attached hydrogens (primary N) is 1. The van der Waals surface area contributed by atoms with E-state index in [4.69, 9.17) is 10.5 Å². The third kappa shape index (κ3) is 2.70. The van der Waals surface area contributed by atoms with Crippen LogP contribution in [0.15, 0.2) is 18.2 Å². The van der Waals surface area contributed by atoms with Crippen molar-refractivity contribution in [2.24, 2.45) is 11.7 Å². The van der Waals surface area contributed by atoms with Gasteiger partial charge in [0.1, 0.15) is 17.3 Å². The van der Waals surface area contributed by atoms with Crippen LogP contribution in [-0.4, -0.2) is 12.9 Å². The van der Waals surface area contributed by atoms with Crippen molar-refractivity contribution in [1.29, 1.82) is 0 Å². The van der Waals surface area contributed by atoms with E-state index in [1.165, 1.54) is 12.1 Å². The summed E-state index contributed by atoms with van der Waals surface area (Å²) >= 11 is 0. The highest BCUT2D eigenvalue weighted by Crippen LogP contribution is 2.35. The molecule has 1 fully saturated rings. The molecule has 0 heterocycles. The van der Waals surface area contributed by atoms with Crippen LogP contribution in [0.5, 0.6) is 5.75 Å². The van der Waals surface area contributed by atoms with Crippen molar-refractivity contribution in [1.82, 2.24) is 0 Å². The fourth-order valence-electron chi connectivity index (χ4n) is 2.54. The second kappa shape index (κ2) is 5.48. The van der Waals surface area contributed by atoms with Crippen molar-refractivity contribution in [3.63, 3.8) is 0 Å². The lowest BCUT2D eigenvalue weighted by Gasteiger charge is -2.28. The van der Waals surface area contributed by atoms with Crippen molar-refractivity contribution >= 4 is 5.78 Å². The number of methoxy groups -OCH3 is 1. The van der Waals surface area contributed by atoms with Gasteiger partial charge in [-0.3, -0.25) is 4.79 Å². The van der Waals surface area contributed by atoms with E-state index < -0.39 is 0 Å². The molecule has 1 aliphatic carbocycles. The van der Waals surface area contributed by atoms with Crippen molar-refractivity contribution in [2.75, 3.05) is 7.11 Å². The molecule has 1 unspecified atom stereocenters. The summed E-state index contributed by atoms with van der Waals surface area (Å²) in [6.45, 7) is 0. The molecule has 1 aromatic rings.